The van der Waals surface area contributed by atoms with E-state index in [9.17, 15) is 14.3 Å². The number of benzene rings is 1. The van der Waals surface area contributed by atoms with Gasteiger partial charge in [0, 0.05) is 11.5 Å². The number of halogens is 1. The molecule has 0 bridgehead atoms. The van der Waals surface area contributed by atoms with Gasteiger partial charge in [0.05, 0.1) is 0 Å². The monoisotopic (exact) mass is 210 g/mol. The zero-order valence-corrected chi connectivity index (χ0v) is 9.12. The van der Waals surface area contributed by atoms with Gasteiger partial charge in [0.25, 0.3) is 0 Å². The average molecular weight is 210 g/mol. The van der Waals surface area contributed by atoms with Crippen LogP contribution in [0.4, 0.5) is 4.39 Å². The SMILES string of the molecule is CC(C)C(=O)C(C)(O)c1ccccc1F. The minimum absolute atomic E-state index is 0.0312. The van der Waals surface area contributed by atoms with Crippen LogP contribution in [0.2, 0.25) is 0 Å². The molecule has 0 spiro atoms. The van der Waals surface area contributed by atoms with Gasteiger partial charge in [-0.1, -0.05) is 32.0 Å². The van der Waals surface area contributed by atoms with E-state index in [1.807, 2.05) is 0 Å². The lowest BCUT2D eigenvalue weighted by Crippen LogP contribution is -2.36. The maximum Gasteiger partial charge on any atom is 0.171 e. The van der Waals surface area contributed by atoms with Crippen LogP contribution in [0.1, 0.15) is 26.3 Å². The summed E-state index contributed by atoms with van der Waals surface area (Å²) in [7, 11) is 0. The van der Waals surface area contributed by atoms with Crippen molar-refractivity contribution in [2.45, 2.75) is 26.4 Å². The molecule has 3 heteroatoms. The van der Waals surface area contributed by atoms with Crippen LogP contribution >= 0.6 is 0 Å². The van der Waals surface area contributed by atoms with E-state index in [-0.39, 0.29) is 17.3 Å². The van der Waals surface area contributed by atoms with E-state index < -0.39 is 11.4 Å². The molecule has 2 nitrogen and oxygen atoms in total. The van der Waals surface area contributed by atoms with Crippen LogP contribution in [0.15, 0.2) is 24.3 Å². The van der Waals surface area contributed by atoms with Crippen molar-refractivity contribution in [1.82, 2.24) is 0 Å². The van der Waals surface area contributed by atoms with Crippen LogP contribution in [0.5, 0.6) is 0 Å². The molecule has 0 radical (unpaired) electrons. The van der Waals surface area contributed by atoms with Crippen molar-refractivity contribution in [3.05, 3.63) is 35.6 Å². The number of hydrogen-bond donors (Lipinski definition) is 1. The van der Waals surface area contributed by atoms with Gasteiger partial charge in [-0.15, -0.1) is 0 Å². The molecule has 0 amide bonds. The third-order valence-electron chi connectivity index (χ3n) is 2.40. The number of Topliss-reactive ketones (excluding diaryl/α,β-unsaturated/α-hetero) is 1. The van der Waals surface area contributed by atoms with E-state index in [2.05, 4.69) is 0 Å². The summed E-state index contributed by atoms with van der Waals surface area (Å²) in [5.74, 6) is -1.27. The zero-order chi connectivity index (χ0) is 11.6. The van der Waals surface area contributed by atoms with Crippen molar-refractivity contribution in [3.63, 3.8) is 0 Å². The van der Waals surface area contributed by atoms with Gasteiger partial charge in [-0.05, 0) is 13.0 Å². The molecule has 0 saturated carbocycles. The third kappa shape index (κ3) is 2.23. The van der Waals surface area contributed by atoms with Crippen molar-refractivity contribution in [2.24, 2.45) is 5.92 Å². The topological polar surface area (TPSA) is 37.3 Å². The van der Waals surface area contributed by atoms with E-state index in [4.69, 9.17) is 0 Å². The molecule has 0 saturated heterocycles. The average Bonchev–Trinajstić information content (AvgIpc) is 2.16. The Hall–Kier alpha value is -1.22. The molecule has 82 valence electrons. The second kappa shape index (κ2) is 4.11. The Labute approximate surface area is 88.7 Å². The molecule has 1 rings (SSSR count). The Morgan fingerprint density at radius 3 is 2.40 bits per heavy atom. The molecule has 0 aliphatic carbocycles. The normalized spacial score (nSPS) is 15.1. The lowest BCUT2D eigenvalue weighted by atomic mass is 9.86. The first-order valence-electron chi connectivity index (χ1n) is 4.89. The highest BCUT2D eigenvalue weighted by atomic mass is 19.1. The summed E-state index contributed by atoms with van der Waals surface area (Å²) in [6.07, 6.45) is 0. The predicted octanol–water partition coefficient (Wildman–Crippen LogP) is 2.26. The maximum atomic E-state index is 13.4. The number of rotatable bonds is 3. The van der Waals surface area contributed by atoms with Crippen LogP contribution in [0, 0.1) is 11.7 Å². The molecule has 1 aromatic rings. The predicted molar refractivity (Wildman–Crippen MR) is 55.8 cm³/mol. The molecular weight excluding hydrogens is 195 g/mol. The van der Waals surface area contributed by atoms with Crippen molar-refractivity contribution in [2.75, 3.05) is 0 Å². The lowest BCUT2D eigenvalue weighted by Gasteiger charge is -2.24. The molecule has 1 N–H and O–H groups in total. The standard InChI is InChI=1S/C12H15FO2/c1-8(2)11(14)12(3,15)9-6-4-5-7-10(9)13/h4-8,15H,1-3H3. The summed E-state index contributed by atoms with van der Waals surface area (Å²) in [4.78, 5) is 11.7. The highest BCUT2D eigenvalue weighted by Crippen LogP contribution is 2.26. The third-order valence-corrected chi connectivity index (χ3v) is 2.40. The minimum Gasteiger partial charge on any atom is -0.377 e. The fraction of sp³-hybridized carbons (Fsp3) is 0.417. The van der Waals surface area contributed by atoms with E-state index in [1.165, 1.54) is 25.1 Å². The number of aliphatic hydroxyl groups is 1. The Morgan fingerprint density at radius 1 is 1.40 bits per heavy atom. The summed E-state index contributed by atoms with van der Waals surface area (Å²) in [5.41, 5.74) is -1.72. The van der Waals surface area contributed by atoms with Gasteiger partial charge in [-0.25, -0.2) is 4.39 Å². The maximum absolute atomic E-state index is 13.4. The van der Waals surface area contributed by atoms with Gasteiger partial charge < -0.3 is 5.11 Å². The fourth-order valence-corrected chi connectivity index (χ4v) is 1.55. The fourth-order valence-electron chi connectivity index (χ4n) is 1.55. The van der Waals surface area contributed by atoms with Gasteiger partial charge in [0.15, 0.2) is 5.78 Å². The molecule has 1 aromatic carbocycles. The molecule has 1 unspecified atom stereocenters. The molecule has 0 heterocycles. The van der Waals surface area contributed by atoms with Crippen molar-refractivity contribution in [1.29, 1.82) is 0 Å². The summed E-state index contributed by atoms with van der Waals surface area (Å²) in [6.45, 7) is 4.68. The van der Waals surface area contributed by atoms with E-state index >= 15 is 0 Å². The second-order valence-electron chi connectivity index (χ2n) is 4.07. The quantitative estimate of drug-likeness (QED) is 0.830. The van der Waals surface area contributed by atoms with Gasteiger partial charge in [0.1, 0.15) is 11.4 Å². The van der Waals surface area contributed by atoms with E-state index in [0.717, 1.165) is 0 Å². The van der Waals surface area contributed by atoms with Crippen LogP contribution in [0.3, 0.4) is 0 Å². The molecule has 0 fully saturated rings. The molecule has 0 aliphatic heterocycles. The van der Waals surface area contributed by atoms with Crippen LogP contribution in [-0.4, -0.2) is 10.9 Å². The number of hydrogen-bond acceptors (Lipinski definition) is 2. The van der Waals surface area contributed by atoms with Crippen LogP contribution in [-0.2, 0) is 10.4 Å². The van der Waals surface area contributed by atoms with Crippen LogP contribution in [0.25, 0.3) is 0 Å². The first-order chi connectivity index (χ1) is 6.87. The van der Waals surface area contributed by atoms with Gasteiger partial charge in [0.2, 0.25) is 0 Å². The van der Waals surface area contributed by atoms with Gasteiger partial charge in [-0.2, -0.15) is 0 Å². The minimum atomic E-state index is -1.75. The molecule has 1 atom stereocenters. The zero-order valence-electron chi connectivity index (χ0n) is 9.12. The first-order valence-corrected chi connectivity index (χ1v) is 4.89. The molecule has 15 heavy (non-hydrogen) atoms. The van der Waals surface area contributed by atoms with Crippen molar-refractivity contribution in [3.8, 4) is 0 Å². The molecule has 0 aromatic heterocycles. The van der Waals surface area contributed by atoms with E-state index in [0.29, 0.717) is 0 Å². The first kappa shape index (κ1) is 11.9. The largest absolute Gasteiger partial charge is 0.377 e. The number of carbonyl (C=O) groups is 1. The Bertz CT molecular complexity index is 370. The second-order valence-corrected chi connectivity index (χ2v) is 4.07. The number of carbonyl (C=O) groups excluding carboxylic acids is 1. The summed E-state index contributed by atoms with van der Waals surface area (Å²) in [6, 6.07) is 5.78. The van der Waals surface area contributed by atoms with Crippen molar-refractivity contribution < 1.29 is 14.3 Å². The molecular formula is C12H15FO2. The van der Waals surface area contributed by atoms with Gasteiger partial charge >= 0.3 is 0 Å². The highest BCUT2D eigenvalue weighted by molar-refractivity contribution is 5.89. The van der Waals surface area contributed by atoms with Crippen molar-refractivity contribution >= 4 is 5.78 Å². The number of ketones is 1. The summed E-state index contributed by atoms with van der Waals surface area (Å²) in [5, 5.41) is 10.0. The Kier molecular flexibility index (Phi) is 3.25. The molecule has 0 aliphatic rings. The van der Waals surface area contributed by atoms with Gasteiger partial charge in [-0.3, -0.25) is 4.79 Å². The smallest absolute Gasteiger partial charge is 0.171 e. The lowest BCUT2D eigenvalue weighted by molar-refractivity contribution is -0.140. The van der Waals surface area contributed by atoms with Crippen LogP contribution < -0.4 is 0 Å². The van der Waals surface area contributed by atoms with E-state index in [1.54, 1.807) is 19.9 Å². The summed E-state index contributed by atoms with van der Waals surface area (Å²) < 4.78 is 13.4. The Balaban J connectivity index is 3.17. The summed E-state index contributed by atoms with van der Waals surface area (Å²) >= 11 is 0. The highest BCUT2D eigenvalue weighted by Gasteiger charge is 2.35. The Morgan fingerprint density at radius 2 is 1.93 bits per heavy atom.